The van der Waals surface area contributed by atoms with Crippen molar-refractivity contribution >= 4 is 6.09 Å². The molecule has 0 aromatic heterocycles. The number of amides is 1. The molecule has 1 aromatic rings. The molecule has 2 rings (SSSR count). The molecule has 0 aliphatic carbocycles. The van der Waals surface area contributed by atoms with Crippen molar-refractivity contribution in [3.8, 4) is 5.75 Å². The van der Waals surface area contributed by atoms with Gasteiger partial charge in [-0.2, -0.15) is 13.2 Å². The van der Waals surface area contributed by atoms with Crippen molar-refractivity contribution in [2.24, 2.45) is 0 Å². The van der Waals surface area contributed by atoms with Crippen molar-refractivity contribution in [2.75, 3.05) is 13.2 Å². The number of nitrogens with zero attached hydrogens (tertiary/aromatic N) is 1. The normalized spacial score (nSPS) is 17.1. The van der Waals surface area contributed by atoms with Gasteiger partial charge in [0.15, 0.2) is 6.61 Å². The second kappa shape index (κ2) is 5.33. The van der Waals surface area contributed by atoms with Gasteiger partial charge >= 0.3 is 12.3 Å². The molecule has 1 aromatic carbocycles. The highest BCUT2D eigenvalue weighted by atomic mass is 19.4. The van der Waals surface area contributed by atoms with Crippen LogP contribution in [0, 0.1) is 5.82 Å². The van der Waals surface area contributed by atoms with Crippen molar-refractivity contribution in [3.63, 3.8) is 0 Å². The van der Waals surface area contributed by atoms with Gasteiger partial charge in [0.1, 0.15) is 11.6 Å². The summed E-state index contributed by atoms with van der Waals surface area (Å²) < 4.78 is 55.8. The first kappa shape index (κ1) is 16.4. The molecular weight excluding hydrogens is 306 g/mol. The van der Waals surface area contributed by atoms with Crippen LogP contribution in [-0.2, 0) is 12.0 Å². The first-order valence-electron chi connectivity index (χ1n) is 6.50. The van der Waals surface area contributed by atoms with E-state index in [0.29, 0.717) is 0 Å². The predicted molar refractivity (Wildman–Crippen MR) is 69.4 cm³/mol. The average molecular weight is 321 g/mol. The zero-order chi connectivity index (χ0) is 16.7. The molecule has 0 radical (unpaired) electrons. The molecule has 22 heavy (non-hydrogen) atoms. The Kier molecular flexibility index (Phi) is 3.97. The summed E-state index contributed by atoms with van der Waals surface area (Å²) in [6.45, 7) is 1.60. The molecule has 0 unspecified atom stereocenters. The number of hydrogen-bond acceptors (Lipinski definition) is 2. The van der Waals surface area contributed by atoms with Gasteiger partial charge in [0, 0.05) is 23.1 Å². The van der Waals surface area contributed by atoms with Crippen molar-refractivity contribution in [1.82, 2.24) is 4.90 Å². The van der Waals surface area contributed by atoms with E-state index in [0.717, 1.165) is 17.0 Å². The van der Waals surface area contributed by atoms with Crippen molar-refractivity contribution in [3.05, 3.63) is 29.1 Å². The Morgan fingerprint density at radius 1 is 1.41 bits per heavy atom. The van der Waals surface area contributed by atoms with E-state index in [4.69, 9.17) is 9.84 Å². The zero-order valence-corrected chi connectivity index (χ0v) is 12.0. The Balaban J connectivity index is 2.46. The van der Waals surface area contributed by atoms with Crippen LogP contribution in [0.2, 0.25) is 0 Å². The van der Waals surface area contributed by atoms with Gasteiger partial charge < -0.3 is 14.7 Å². The minimum Gasteiger partial charge on any atom is -0.484 e. The van der Waals surface area contributed by atoms with Crippen LogP contribution in [0.25, 0.3) is 0 Å². The molecule has 1 amide bonds. The van der Waals surface area contributed by atoms with E-state index in [1.54, 1.807) is 13.8 Å². The van der Waals surface area contributed by atoms with Crippen LogP contribution < -0.4 is 4.74 Å². The summed E-state index contributed by atoms with van der Waals surface area (Å²) in [4.78, 5) is 12.2. The van der Waals surface area contributed by atoms with E-state index < -0.39 is 30.1 Å². The first-order valence-corrected chi connectivity index (χ1v) is 6.50. The standard InChI is InChI=1S/C14H15F4NO3/c1-13(2)6-19(12(20)21)5-8-10(22-7-14(16,17)18)4-3-9(15)11(8)13/h3-4H,5-7H2,1-2H3,(H,20,21). The summed E-state index contributed by atoms with van der Waals surface area (Å²) in [5.41, 5.74) is -0.527. The summed E-state index contributed by atoms with van der Waals surface area (Å²) >= 11 is 0. The zero-order valence-electron chi connectivity index (χ0n) is 12.0. The molecule has 0 spiro atoms. The van der Waals surface area contributed by atoms with Crippen LogP contribution in [0.5, 0.6) is 5.75 Å². The molecule has 0 atom stereocenters. The smallest absolute Gasteiger partial charge is 0.422 e. The van der Waals surface area contributed by atoms with Gasteiger partial charge in [-0.1, -0.05) is 13.8 Å². The van der Waals surface area contributed by atoms with Gasteiger partial charge in [-0.05, 0) is 12.1 Å². The van der Waals surface area contributed by atoms with Crippen LogP contribution in [-0.4, -0.2) is 35.4 Å². The van der Waals surface area contributed by atoms with Gasteiger partial charge in [0.25, 0.3) is 0 Å². The Hall–Kier alpha value is -1.99. The van der Waals surface area contributed by atoms with E-state index in [2.05, 4.69) is 0 Å². The van der Waals surface area contributed by atoms with E-state index in [9.17, 15) is 22.4 Å². The lowest BCUT2D eigenvalue weighted by atomic mass is 9.78. The molecule has 1 N–H and O–H groups in total. The molecule has 0 saturated carbocycles. The molecular formula is C14H15F4NO3. The van der Waals surface area contributed by atoms with Crippen LogP contribution in [0.3, 0.4) is 0 Å². The number of alkyl halides is 3. The highest BCUT2D eigenvalue weighted by Gasteiger charge is 2.38. The van der Waals surface area contributed by atoms with Crippen molar-refractivity contribution in [1.29, 1.82) is 0 Å². The molecule has 0 bridgehead atoms. The highest BCUT2D eigenvalue weighted by Crippen LogP contribution is 2.40. The predicted octanol–water partition coefficient (Wildman–Crippen LogP) is 3.54. The first-order chi connectivity index (χ1) is 10.0. The molecule has 1 aliphatic rings. The lowest BCUT2D eigenvalue weighted by molar-refractivity contribution is -0.153. The van der Waals surface area contributed by atoms with E-state index in [-0.39, 0.29) is 30.0 Å². The lowest BCUT2D eigenvalue weighted by Crippen LogP contribution is -2.45. The molecule has 122 valence electrons. The maximum atomic E-state index is 14.1. The molecule has 1 heterocycles. The number of rotatable bonds is 2. The van der Waals surface area contributed by atoms with Crippen molar-refractivity contribution in [2.45, 2.75) is 32.0 Å². The second-order valence-corrected chi connectivity index (χ2v) is 5.83. The van der Waals surface area contributed by atoms with Crippen LogP contribution in [0.1, 0.15) is 25.0 Å². The van der Waals surface area contributed by atoms with E-state index in [1.807, 2.05) is 0 Å². The van der Waals surface area contributed by atoms with Gasteiger partial charge in [-0.25, -0.2) is 9.18 Å². The van der Waals surface area contributed by atoms with E-state index >= 15 is 0 Å². The van der Waals surface area contributed by atoms with Gasteiger partial charge in [0.05, 0.1) is 6.54 Å². The van der Waals surface area contributed by atoms with Crippen LogP contribution >= 0.6 is 0 Å². The number of hydrogen-bond donors (Lipinski definition) is 1. The minimum absolute atomic E-state index is 0.0506. The topological polar surface area (TPSA) is 49.8 Å². The molecule has 0 fully saturated rings. The molecule has 0 saturated heterocycles. The second-order valence-electron chi connectivity index (χ2n) is 5.83. The van der Waals surface area contributed by atoms with E-state index in [1.165, 1.54) is 0 Å². The molecule has 1 aliphatic heterocycles. The van der Waals surface area contributed by atoms with Crippen LogP contribution in [0.15, 0.2) is 12.1 Å². The van der Waals surface area contributed by atoms with Gasteiger partial charge in [-0.15, -0.1) is 0 Å². The fraction of sp³-hybridized carbons (Fsp3) is 0.500. The third-order valence-corrected chi connectivity index (χ3v) is 3.49. The molecule has 8 heteroatoms. The Bertz CT molecular complexity index is 598. The maximum absolute atomic E-state index is 14.1. The monoisotopic (exact) mass is 321 g/mol. The number of ether oxygens (including phenoxy) is 1. The number of carbonyl (C=O) groups is 1. The maximum Gasteiger partial charge on any atom is 0.422 e. The average Bonchev–Trinajstić information content (AvgIpc) is 2.35. The molecule has 4 nitrogen and oxygen atoms in total. The fourth-order valence-corrected chi connectivity index (χ4v) is 2.72. The fourth-order valence-electron chi connectivity index (χ4n) is 2.72. The van der Waals surface area contributed by atoms with Gasteiger partial charge in [-0.3, -0.25) is 0 Å². The van der Waals surface area contributed by atoms with Crippen LogP contribution in [0.4, 0.5) is 22.4 Å². The third kappa shape index (κ3) is 3.26. The SMILES string of the molecule is CC1(C)CN(C(=O)O)Cc2c(OCC(F)(F)F)ccc(F)c21. The Morgan fingerprint density at radius 3 is 2.59 bits per heavy atom. The quantitative estimate of drug-likeness (QED) is 0.848. The Morgan fingerprint density at radius 2 is 2.05 bits per heavy atom. The largest absolute Gasteiger partial charge is 0.484 e. The highest BCUT2D eigenvalue weighted by molar-refractivity contribution is 5.66. The lowest BCUT2D eigenvalue weighted by Gasteiger charge is -2.39. The minimum atomic E-state index is -4.53. The number of fused-ring (bicyclic) bond motifs is 1. The summed E-state index contributed by atoms with van der Waals surface area (Å²) in [7, 11) is 0. The summed E-state index contributed by atoms with van der Waals surface area (Å²) in [6, 6.07) is 2.14. The number of carboxylic acid groups (broad SMARTS) is 1. The van der Waals surface area contributed by atoms with Gasteiger partial charge in [0.2, 0.25) is 0 Å². The number of halogens is 4. The Labute approximate surface area is 124 Å². The van der Waals surface area contributed by atoms with Crippen molar-refractivity contribution < 1.29 is 32.2 Å². The number of benzene rings is 1. The summed E-state index contributed by atoms with van der Waals surface area (Å²) in [5, 5.41) is 9.13. The third-order valence-electron chi connectivity index (χ3n) is 3.49. The summed E-state index contributed by atoms with van der Waals surface area (Å²) in [5.74, 6) is -0.725. The summed E-state index contributed by atoms with van der Waals surface area (Å²) in [6.07, 6.45) is -5.75.